The summed E-state index contributed by atoms with van der Waals surface area (Å²) >= 11 is 0. The summed E-state index contributed by atoms with van der Waals surface area (Å²) < 4.78 is 0. The number of carbonyl (C=O) groups is 1. The Balaban J connectivity index is 2.08. The summed E-state index contributed by atoms with van der Waals surface area (Å²) in [7, 11) is 0. The average molecular weight is 233 g/mol. The highest BCUT2D eigenvalue weighted by molar-refractivity contribution is 5.87. The van der Waals surface area contributed by atoms with Crippen molar-refractivity contribution >= 4 is 5.97 Å². The first-order valence-electron chi connectivity index (χ1n) is 6.14. The molecule has 2 rings (SSSR count). The van der Waals surface area contributed by atoms with Gasteiger partial charge in [0.1, 0.15) is 0 Å². The predicted octanol–water partition coefficient (Wildman–Crippen LogP) is 2.62. The molecule has 1 aromatic rings. The molecule has 0 aliphatic carbocycles. The third-order valence-electron chi connectivity index (χ3n) is 3.83. The smallest absolute Gasteiger partial charge is 0.335 e. The number of benzene rings is 1. The van der Waals surface area contributed by atoms with Crippen molar-refractivity contribution < 1.29 is 9.90 Å². The van der Waals surface area contributed by atoms with Crippen LogP contribution in [0.3, 0.4) is 0 Å². The van der Waals surface area contributed by atoms with Crippen LogP contribution >= 0.6 is 0 Å². The van der Waals surface area contributed by atoms with Gasteiger partial charge in [-0.3, -0.25) is 4.90 Å². The molecule has 1 N–H and O–H groups in total. The lowest BCUT2D eigenvalue weighted by atomic mass is 10.0. The van der Waals surface area contributed by atoms with Crippen LogP contribution in [0.2, 0.25) is 0 Å². The van der Waals surface area contributed by atoms with Gasteiger partial charge in [-0.2, -0.15) is 0 Å². The van der Waals surface area contributed by atoms with E-state index in [0.717, 1.165) is 24.6 Å². The van der Waals surface area contributed by atoms with Crippen LogP contribution in [-0.4, -0.2) is 28.6 Å². The number of hydrogen-bond acceptors (Lipinski definition) is 2. The second-order valence-electron chi connectivity index (χ2n) is 4.98. The van der Waals surface area contributed by atoms with E-state index in [1.165, 1.54) is 6.42 Å². The summed E-state index contributed by atoms with van der Waals surface area (Å²) in [5.41, 5.74) is 1.47. The van der Waals surface area contributed by atoms with Crippen molar-refractivity contribution in [3.8, 4) is 0 Å². The zero-order valence-corrected chi connectivity index (χ0v) is 10.4. The van der Waals surface area contributed by atoms with Gasteiger partial charge in [0.15, 0.2) is 0 Å². The summed E-state index contributed by atoms with van der Waals surface area (Å²) in [4.78, 5) is 13.3. The third-order valence-corrected chi connectivity index (χ3v) is 3.83. The summed E-state index contributed by atoms with van der Waals surface area (Å²) in [5.74, 6) is -0.118. The van der Waals surface area contributed by atoms with E-state index in [2.05, 4.69) is 18.7 Å². The molecule has 0 bridgehead atoms. The van der Waals surface area contributed by atoms with Gasteiger partial charge in [-0.1, -0.05) is 19.1 Å². The van der Waals surface area contributed by atoms with Crippen LogP contribution in [0.15, 0.2) is 24.3 Å². The van der Waals surface area contributed by atoms with Crippen LogP contribution < -0.4 is 0 Å². The molecular formula is C14H19NO2. The van der Waals surface area contributed by atoms with Gasteiger partial charge in [-0.15, -0.1) is 0 Å². The maximum absolute atomic E-state index is 10.9. The van der Waals surface area contributed by atoms with E-state index < -0.39 is 5.97 Å². The van der Waals surface area contributed by atoms with Crippen molar-refractivity contribution in [2.45, 2.75) is 32.9 Å². The normalized spacial score (nSPS) is 25.1. The highest BCUT2D eigenvalue weighted by Gasteiger charge is 2.26. The van der Waals surface area contributed by atoms with Crippen molar-refractivity contribution in [3.05, 3.63) is 35.4 Å². The van der Waals surface area contributed by atoms with Gasteiger partial charge in [0.2, 0.25) is 0 Å². The molecule has 0 radical (unpaired) electrons. The van der Waals surface area contributed by atoms with E-state index in [1.54, 1.807) is 12.1 Å². The maximum Gasteiger partial charge on any atom is 0.335 e. The van der Waals surface area contributed by atoms with Crippen LogP contribution in [0.25, 0.3) is 0 Å². The second-order valence-corrected chi connectivity index (χ2v) is 4.98. The number of hydrogen-bond donors (Lipinski definition) is 1. The van der Waals surface area contributed by atoms with Gasteiger partial charge in [0, 0.05) is 12.6 Å². The Morgan fingerprint density at radius 3 is 2.82 bits per heavy atom. The molecule has 17 heavy (non-hydrogen) atoms. The largest absolute Gasteiger partial charge is 0.478 e. The fourth-order valence-electron chi connectivity index (χ4n) is 2.43. The van der Waals surface area contributed by atoms with E-state index in [0.29, 0.717) is 11.6 Å². The van der Waals surface area contributed by atoms with Crippen molar-refractivity contribution in [3.63, 3.8) is 0 Å². The molecule has 0 saturated carbocycles. The zero-order chi connectivity index (χ0) is 12.4. The molecule has 1 saturated heterocycles. The Kier molecular flexibility index (Phi) is 3.48. The molecule has 3 nitrogen and oxygen atoms in total. The fraction of sp³-hybridized carbons (Fsp3) is 0.500. The second kappa shape index (κ2) is 4.88. The minimum Gasteiger partial charge on any atom is -0.478 e. The molecule has 1 aliphatic rings. The van der Waals surface area contributed by atoms with Gasteiger partial charge >= 0.3 is 5.97 Å². The fourth-order valence-corrected chi connectivity index (χ4v) is 2.43. The number of carboxylic acids is 1. The molecule has 1 aromatic carbocycles. The van der Waals surface area contributed by atoms with Crippen LogP contribution in [0.1, 0.15) is 36.2 Å². The van der Waals surface area contributed by atoms with E-state index in [-0.39, 0.29) is 0 Å². The zero-order valence-electron chi connectivity index (χ0n) is 10.4. The Morgan fingerprint density at radius 2 is 2.24 bits per heavy atom. The molecule has 0 aromatic heterocycles. The molecular weight excluding hydrogens is 214 g/mol. The molecule has 2 atom stereocenters. The number of nitrogens with zero attached hydrogens (tertiary/aromatic N) is 1. The van der Waals surface area contributed by atoms with Crippen LogP contribution in [-0.2, 0) is 6.54 Å². The molecule has 3 heteroatoms. The minimum atomic E-state index is -0.852. The van der Waals surface area contributed by atoms with Gasteiger partial charge in [0.05, 0.1) is 5.56 Å². The monoisotopic (exact) mass is 233 g/mol. The Bertz CT molecular complexity index is 416. The number of likely N-dealkylation sites (tertiary alicyclic amines) is 1. The topological polar surface area (TPSA) is 40.5 Å². The van der Waals surface area contributed by atoms with Gasteiger partial charge in [-0.25, -0.2) is 4.79 Å². The van der Waals surface area contributed by atoms with Gasteiger partial charge < -0.3 is 5.11 Å². The molecule has 0 spiro atoms. The Hall–Kier alpha value is -1.35. The minimum absolute atomic E-state index is 0.377. The SMILES string of the molecule is CC1CCN(Cc2cccc(C(=O)O)c2)C1C. The average Bonchev–Trinajstić information content (AvgIpc) is 2.61. The highest BCUT2D eigenvalue weighted by Crippen LogP contribution is 2.25. The Morgan fingerprint density at radius 1 is 1.47 bits per heavy atom. The summed E-state index contributed by atoms with van der Waals surface area (Å²) in [6.07, 6.45) is 1.24. The van der Waals surface area contributed by atoms with Crippen molar-refractivity contribution in [1.29, 1.82) is 0 Å². The molecule has 1 fully saturated rings. The lowest BCUT2D eigenvalue weighted by Crippen LogP contribution is -2.28. The lowest BCUT2D eigenvalue weighted by molar-refractivity contribution is 0.0696. The van der Waals surface area contributed by atoms with E-state index in [9.17, 15) is 4.79 Å². The Labute approximate surface area is 102 Å². The third kappa shape index (κ3) is 2.67. The van der Waals surface area contributed by atoms with Crippen LogP contribution in [0, 0.1) is 5.92 Å². The first-order valence-corrected chi connectivity index (χ1v) is 6.14. The van der Waals surface area contributed by atoms with Crippen molar-refractivity contribution in [2.24, 2.45) is 5.92 Å². The highest BCUT2D eigenvalue weighted by atomic mass is 16.4. The van der Waals surface area contributed by atoms with Crippen molar-refractivity contribution in [1.82, 2.24) is 4.90 Å². The van der Waals surface area contributed by atoms with Gasteiger partial charge in [0.25, 0.3) is 0 Å². The van der Waals surface area contributed by atoms with Crippen molar-refractivity contribution in [2.75, 3.05) is 6.54 Å². The number of aromatic carboxylic acids is 1. The quantitative estimate of drug-likeness (QED) is 0.872. The molecule has 1 heterocycles. The standard InChI is InChI=1S/C14H19NO2/c1-10-6-7-15(11(10)2)9-12-4-3-5-13(8-12)14(16)17/h3-5,8,10-11H,6-7,9H2,1-2H3,(H,16,17). The summed E-state index contributed by atoms with van der Waals surface area (Å²) in [5, 5.41) is 8.95. The predicted molar refractivity (Wildman–Crippen MR) is 67.1 cm³/mol. The van der Waals surface area contributed by atoms with E-state index in [4.69, 9.17) is 5.11 Å². The first-order chi connectivity index (χ1) is 8.08. The molecule has 1 aliphatic heterocycles. The number of carboxylic acid groups (broad SMARTS) is 1. The van der Waals surface area contributed by atoms with E-state index >= 15 is 0 Å². The maximum atomic E-state index is 10.9. The molecule has 92 valence electrons. The molecule has 0 amide bonds. The van der Waals surface area contributed by atoms with Crippen LogP contribution in [0.4, 0.5) is 0 Å². The van der Waals surface area contributed by atoms with Crippen LogP contribution in [0.5, 0.6) is 0 Å². The summed E-state index contributed by atoms with van der Waals surface area (Å²) in [6, 6.07) is 7.83. The lowest BCUT2D eigenvalue weighted by Gasteiger charge is -2.23. The molecule has 2 unspecified atom stereocenters. The number of rotatable bonds is 3. The van der Waals surface area contributed by atoms with E-state index in [1.807, 2.05) is 12.1 Å². The first kappa shape index (κ1) is 12.1. The summed E-state index contributed by atoms with van der Waals surface area (Å²) in [6.45, 7) is 6.49. The van der Waals surface area contributed by atoms with Gasteiger partial charge in [-0.05, 0) is 43.5 Å².